The van der Waals surface area contributed by atoms with Crippen molar-refractivity contribution in [2.45, 2.75) is 7.43 Å². The molecule has 0 aliphatic carbocycles. The maximum atomic E-state index is 12.2. The van der Waals surface area contributed by atoms with Gasteiger partial charge in [-0.2, -0.15) is 11.1 Å². The molecule has 0 saturated heterocycles. The van der Waals surface area contributed by atoms with Crippen molar-refractivity contribution >= 4 is 23.5 Å². The van der Waals surface area contributed by atoms with Crippen LogP contribution in [-0.2, 0) is 36.3 Å². The number of nitrogens with one attached hydrogen (secondary N) is 2. The Morgan fingerprint density at radius 3 is 1.55 bits per heavy atom. The van der Waals surface area contributed by atoms with Crippen LogP contribution in [0, 0.1) is 11.8 Å². The van der Waals surface area contributed by atoms with Crippen LogP contribution in [0.3, 0.4) is 0 Å². The molecule has 0 spiro atoms. The molecular formula is C11H26F2N2O13P3-3. The van der Waals surface area contributed by atoms with Crippen LogP contribution in [0.5, 0.6) is 0 Å². The van der Waals surface area contributed by atoms with Crippen molar-refractivity contribution in [3.63, 3.8) is 0 Å². The fourth-order valence-corrected chi connectivity index (χ4v) is 3.46. The molecule has 20 heteroatoms. The number of phosphoric ester groups is 3. The lowest BCUT2D eigenvalue weighted by Crippen LogP contribution is -2.27. The normalized spacial score (nSPS) is 19.5. The third kappa shape index (κ3) is 19.3. The molecule has 5 atom stereocenters. The van der Waals surface area contributed by atoms with Gasteiger partial charge in [-0.05, 0) is 0 Å². The quantitative estimate of drug-likeness (QED) is 0.0834. The Bertz CT molecular complexity index is 613. The minimum atomic E-state index is -5.12. The van der Waals surface area contributed by atoms with E-state index in [1.54, 1.807) is 0 Å². The third-order valence-corrected chi connectivity index (χ3v) is 5.39. The van der Waals surface area contributed by atoms with E-state index in [4.69, 9.17) is 10.00 Å². The first kappa shape index (κ1) is 33.2. The lowest BCUT2D eigenvalue weighted by Gasteiger charge is -2.27. The lowest BCUT2D eigenvalue weighted by atomic mass is 10.2. The zero-order valence-corrected chi connectivity index (χ0v) is 18.0. The SMILES string of the molecule is C.O=P([O-])(O)OCC(CNF)COP(=O)([O-])OCCOP(=O)([O-])OCC(CO)CNF. The van der Waals surface area contributed by atoms with Crippen LogP contribution >= 0.6 is 23.5 Å². The van der Waals surface area contributed by atoms with Crippen molar-refractivity contribution in [3.8, 4) is 0 Å². The monoisotopic (exact) mass is 525 g/mol. The molecule has 5 unspecified atom stereocenters. The molecule has 0 saturated carbocycles. The third-order valence-electron chi connectivity index (χ3n) is 2.98. The summed E-state index contributed by atoms with van der Waals surface area (Å²) in [6.07, 6.45) is 0. The van der Waals surface area contributed by atoms with Gasteiger partial charge in [-0.25, -0.2) is 0 Å². The number of phosphoric acid groups is 3. The first-order valence-electron chi connectivity index (χ1n) is 8.00. The van der Waals surface area contributed by atoms with Crippen molar-refractivity contribution in [2.24, 2.45) is 11.8 Å². The molecule has 0 rings (SSSR count). The van der Waals surface area contributed by atoms with Gasteiger partial charge < -0.3 is 47.3 Å². The van der Waals surface area contributed by atoms with Gasteiger partial charge in [0, 0.05) is 31.5 Å². The molecule has 0 aromatic carbocycles. The molecule has 0 aliphatic rings. The minimum absolute atomic E-state index is 0. The average Bonchev–Trinajstić information content (AvgIpc) is 2.64. The summed E-state index contributed by atoms with van der Waals surface area (Å²) in [5.74, 6) is -2.05. The second kappa shape index (κ2) is 16.6. The number of rotatable bonds is 19. The highest BCUT2D eigenvalue weighted by atomic mass is 31.2. The Morgan fingerprint density at radius 2 is 1.16 bits per heavy atom. The fraction of sp³-hybridized carbons (Fsp3) is 1.00. The van der Waals surface area contributed by atoms with Crippen LogP contribution < -0.4 is 25.8 Å². The predicted octanol–water partition coefficient (Wildman–Crippen LogP) is -1.72. The van der Waals surface area contributed by atoms with Gasteiger partial charge in [0.25, 0.3) is 23.5 Å². The van der Waals surface area contributed by atoms with Gasteiger partial charge in [-0.3, -0.25) is 13.7 Å². The van der Waals surface area contributed by atoms with Gasteiger partial charge in [0.15, 0.2) is 0 Å². The molecular weight excluding hydrogens is 499 g/mol. The van der Waals surface area contributed by atoms with Crippen molar-refractivity contribution in [1.29, 1.82) is 0 Å². The molecule has 0 aromatic rings. The standard InChI is InChI=1S/C10H25F2N2O13P3.CH4/c11-13-3-9(5-15)6-26-29(19,20)23-1-2-24-30(21,22)27-8-10(4-14-12)7-25-28(16,17)18;/h9-10,13-15H,1-8H2,(H,19,20)(H,21,22)(H2,16,17,18);1H4/p-3. The van der Waals surface area contributed by atoms with Crippen LogP contribution in [0.1, 0.15) is 7.43 Å². The molecule has 0 aromatic heterocycles. The van der Waals surface area contributed by atoms with Crippen molar-refractivity contribution < 1.29 is 70.0 Å². The maximum absolute atomic E-state index is 12.2. The minimum Gasteiger partial charge on any atom is -0.756 e. The van der Waals surface area contributed by atoms with E-state index in [0.29, 0.717) is 0 Å². The molecule has 0 radical (unpaired) electrons. The van der Waals surface area contributed by atoms with E-state index in [0.717, 1.165) is 5.54 Å². The molecule has 4 N–H and O–H groups in total. The summed E-state index contributed by atoms with van der Waals surface area (Å²) in [5.41, 5.74) is 2.36. The summed E-state index contributed by atoms with van der Waals surface area (Å²) in [6.45, 7) is -5.41. The average molecular weight is 525 g/mol. The number of hydrogen-bond donors (Lipinski definition) is 4. The highest BCUT2D eigenvalue weighted by molar-refractivity contribution is 7.46. The number of aliphatic hydroxyl groups is 1. The summed E-state index contributed by atoms with van der Waals surface area (Å²) in [7, 11) is -15.0. The summed E-state index contributed by atoms with van der Waals surface area (Å²) < 4.78 is 78.9. The zero-order chi connectivity index (χ0) is 23.3. The van der Waals surface area contributed by atoms with E-state index in [1.807, 2.05) is 0 Å². The molecule has 15 nitrogen and oxygen atoms in total. The van der Waals surface area contributed by atoms with E-state index in [9.17, 15) is 37.3 Å². The number of halogens is 2. The van der Waals surface area contributed by atoms with Crippen LogP contribution in [0.2, 0.25) is 0 Å². The van der Waals surface area contributed by atoms with Crippen molar-refractivity contribution in [3.05, 3.63) is 0 Å². The first-order chi connectivity index (χ1) is 13.8. The second-order valence-corrected chi connectivity index (χ2v) is 9.52. The van der Waals surface area contributed by atoms with Crippen LogP contribution in [-0.4, -0.2) is 62.7 Å². The van der Waals surface area contributed by atoms with E-state index in [2.05, 4.69) is 22.6 Å². The van der Waals surface area contributed by atoms with Gasteiger partial charge >= 0.3 is 0 Å². The maximum Gasteiger partial charge on any atom is 0.267 e. The summed E-state index contributed by atoms with van der Waals surface area (Å²) in [5, 5.41) is 8.86. The van der Waals surface area contributed by atoms with Gasteiger partial charge in [0.1, 0.15) is 0 Å². The smallest absolute Gasteiger partial charge is 0.267 e. The second-order valence-electron chi connectivity index (χ2n) is 5.51. The molecule has 0 fully saturated rings. The highest BCUT2D eigenvalue weighted by Crippen LogP contribution is 2.41. The highest BCUT2D eigenvalue weighted by Gasteiger charge is 2.19. The Hall–Kier alpha value is 0.0700. The molecule has 0 bridgehead atoms. The van der Waals surface area contributed by atoms with E-state index >= 15 is 0 Å². The Balaban J connectivity index is 0. The molecule has 0 aliphatic heterocycles. The fourth-order valence-electron chi connectivity index (χ4n) is 1.53. The molecule has 31 heavy (non-hydrogen) atoms. The van der Waals surface area contributed by atoms with Gasteiger partial charge in [0.05, 0.1) is 33.0 Å². The Kier molecular flexibility index (Phi) is 17.9. The molecule has 0 amide bonds. The number of aliphatic hydroxyl groups excluding tert-OH is 1. The predicted molar refractivity (Wildman–Crippen MR) is 93.8 cm³/mol. The van der Waals surface area contributed by atoms with Crippen LogP contribution in [0.4, 0.5) is 8.96 Å². The largest absolute Gasteiger partial charge is 0.756 e. The van der Waals surface area contributed by atoms with Crippen LogP contribution in [0.15, 0.2) is 0 Å². The molecule has 0 heterocycles. The first-order valence-corrected chi connectivity index (χ1v) is 12.4. The summed E-state index contributed by atoms with van der Waals surface area (Å²) in [4.78, 5) is 41.9. The van der Waals surface area contributed by atoms with Crippen molar-refractivity contribution in [1.82, 2.24) is 11.1 Å². The number of hydrogen-bond acceptors (Lipinski definition) is 14. The van der Waals surface area contributed by atoms with Gasteiger partial charge in [-0.15, -0.1) is 8.96 Å². The Labute approximate surface area is 177 Å². The van der Waals surface area contributed by atoms with Crippen molar-refractivity contribution in [2.75, 3.05) is 52.7 Å². The van der Waals surface area contributed by atoms with E-state index < -0.39 is 81.5 Å². The van der Waals surface area contributed by atoms with Crippen LogP contribution in [0.25, 0.3) is 0 Å². The lowest BCUT2D eigenvalue weighted by molar-refractivity contribution is -0.234. The summed E-state index contributed by atoms with van der Waals surface area (Å²) in [6, 6.07) is 0. The van der Waals surface area contributed by atoms with E-state index in [1.165, 1.54) is 5.54 Å². The van der Waals surface area contributed by atoms with Gasteiger partial charge in [-0.1, -0.05) is 7.43 Å². The summed E-state index contributed by atoms with van der Waals surface area (Å²) >= 11 is 0. The Morgan fingerprint density at radius 1 is 0.774 bits per heavy atom. The van der Waals surface area contributed by atoms with Gasteiger partial charge in [0.2, 0.25) is 0 Å². The zero-order valence-electron chi connectivity index (χ0n) is 15.3. The van der Waals surface area contributed by atoms with E-state index in [-0.39, 0.29) is 14.0 Å². The topological polar surface area (TPSA) is 231 Å². The molecule has 190 valence electrons.